The second-order valence-electron chi connectivity index (χ2n) is 6.94. The molecule has 5 atom stereocenters. The van der Waals surface area contributed by atoms with Gasteiger partial charge in [-0.25, -0.2) is 0 Å². The second-order valence-corrected chi connectivity index (χ2v) is 7.35. The Bertz CT molecular complexity index is 859. The molecule has 0 aromatic heterocycles. The van der Waals surface area contributed by atoms with Crippen molar-refractivity contribution >= 4 is 17.5 Å². The fourth-order valence-corrected chi connectivity index (χ4v) is 3.57. The van der Waals surface area contributed by atoms with Crippen molar-refractivity contribution in [2.75, 3.05) is 14.2 Å². The van der Waals surface area contributed by atoms with Crippen molar-refractivity contribution in [2.24, 2.45) is 0 Å². The van der Waals surface area contributed by atoms with E-state index in [0.717, 1.165) is 16.9 Å². The van der Waals surface area contributed by atoms with Crippen LogP contribution in [0.5, 0.6) is 5.75 Å². The molecular weight excluding hydrogens is 398 g/mol. The van der Waals surface area contributed by atoms with Crippen LogP contribution >= 0.6 is 11.6 Å². The maximum atomic E-state index is 12.0. The highest BCUT2D eigenvalue weighted by Crippen LogP contribution is 2.34. The van der Waals surface area contributed by atoms with Gasteiger partial charge >= 0.3 is 0 Å². The minimum Gasteiger partial charge on any atom is -0.497 e. The average molecular weight is 422 g/mol. The number of hydrogen-bond donors (Lipinski definition) is 4. The topological polar surface area (TPSA) is 108 Å². The number of amides is 1. The Kier molecular flexibility index (Phi) is 6.77. The van der Waals surface area contributed by atoms with Crippen LogP contribution in [0.1, 0.15) is 22.8 Å². The third-order valence-corrected chi connectivity index (χ3v) is 5.44. The molecule has 2 aromatic rings. The molecule has 1 amide bonds. The van der Waals surface area contributed by atoms with E-state index in [-0.39, 0.29) is 0 Å². The van der Waals surface area contributed by atoms with E-state index in [9.17, 15) is 20.1 Å². The Morgan fingerprint density at radius 3 is 2.41 bits per heavy atom. The first-order valence-electron chi connectivity index (χ1n) is 9.18. The van der Waals surface area contributed by atoms with Gasteiger partial charge in [0.05, 0.1) is 7.11 Å². The number of benzene rings is 2. The third kappa shape index (κ3) is 4.55. The van der Waals surface area contributed by atoms with Gasteiger partial charge in [0.25, 0.3) is 5.91 Å². The highest BCUT2D eigenvalue weighted by molar-refractivity contribution is 6.31. The Balaban J connectivity index is 1.87. The highest BCUT2D eigenvalue weighted by Gasteiger charge is 2.47. The lowest BCUT2D eigenvalue weighted by molar-refractivity contribution is -0.222. The number of hydrogen-bond acceptors (Lipinski definition) is 6. The van der Waals surface area contributed by atoms with Crippen LogP contribution in [-0.2, 0) is 16.0 Å². The van der Waals surface area contributed by atoms with Gasteiger partial charge in [-0.15, -0.1) is 0 Å². The zero-order valence-corrected chi connectivity index (χ0v) is 16.8. The summed E-state index contributed by atoms with van der Waals surface area (Å²) >= 11 is 6.35. The van der Waals surface area contributed by atoms with E-state index in [1.54, 1.807) is 25.3 Å². The van der Waals surface area contributed by atoms with E-state index in [4.69, 9.17) is 21.1 Å². The molecular formula is C21H24ClNO6. The molecule has 1 fully saturated rings. The molecule has 1 unspecified atom stereocenters. The molecule has 1 heterocycles. The number of ether oxygens (including phenoxy) is 2. The average Bonchev–Trinajstić information content (AvgIpc) is 2.74. The number of nitrogens with one attached hydrogen (secondary N) is 1. The quantitative estimate of drug-likeness (QED) is 0.578. The monoisotopic (exact) mass is 421 g/mol. The summed E-state index contributed by atoms with van der Waals surface area (Å²) in [7, 11) is 3.00. The minimum atomic E-state index is -1.53. The number of aliphatic hydroxyl groups excluding tert-OH is 3. The van der Waals surface area contributed by atoms with Crippen LogP contribution in [-0.4, -0.2) is 59.8 Å². The molecule has 2 aromatic carbocycles. The summed E-state index contributed by atoms with van der Waals surface area (Å²) in [6.45, 7) is 0. The summed E-state index contributed by atoms with van der Waals surface area (Å²) in [6, 6.07) is 12.7. The molecule has 1 aliphatic rings. The maximum absolute atomic E-state index is 12.0. The Morgan fingerprint density at radius 2 is 1.79 bits per heavy atom. The van der Waals surface area contributed by atoms with E-state index in [2.05, 4.69) is 5.32 Å². The number of methoxy groups -OCH3 is 1. The van der Waals surface area contributed by atoms with Crippen molar-refractivity contribution in [3.63, 3.8) is 0 Å². The summed E-state index contributed by atoms with van der Waals surface area (Å²) in [6.07, 6.45) is -6.24. The summed E-state index contributed by atoms with van der Waals surface area (Å²) in [5, 5.41) is 33.6. The van der Waals surface area contributed by atoms with Crippen molar-refractivity contribution in [1.82, 2.24) is 5.32 Å². The highest BCUT2D eigenvalue weighted by atomic mass is 35.5. The van der Waals surface area contributed by atoms with Crippen molar-refractivity contribution in [2.45, 2.75) is 36.9 Å². The predicted molar refractivity (Wildman–Crippen MR) is 107 cm³/mol. The van der Waals surface area contributed by atoms with Crippen molar-refractivity contribution < 1.29 is 29.6 Å². The molecule has 29 heavy (non-hydrogen) atoms. The Hall–Kier alpha value is -2.16. The summed E-state index contributed by atoms with van der Waals surface area (Å²) in [5.41, 5.74) is 2.35. The number of rotatable bonds is 5. The van der Waals surface area contributed by atoms with E-state index >= 15 is 0 Å². The van der Waals surface area contributed by atoms with Gasteiger partial charge in [0.15, 0.2) is 6.10 Å². The lowest BCUT2D eigenvalue weighted by Crippen LogP contribution is -2.58. The van der Waals surface area contributed by atoms with Crippen LogP contribution in [0.4, 0.5) is 0 Å². The zero-order valence-electron chi connectivity index (χ0n) is 16.1. The zero-order chi connectivity index (χ0) is 21.1. The number of carbonyl (C=O) groups is 1. The van der Waals surface area contributed by atoms with Crippen LogP contribution in [0.15, 0.2) is 42.5 Å². The van der Waals surface area contributed by atoms with Gasteiger partial charge in [0, 0.05) is 12.1 Å². The van der Waals surface area contributed by atoms with Crippen molar-refractivity contribution in [3.05, 3.63) is 64.2 Å². The molecule has 0 radical (unpaired) electrons. The number of likely N-dealkylation sites (N-methyl/N-ethyl adjacent to an activating group) is 1. The molecule has 3 rings (SSSR count). The standard InChI is InChI=1S/C21H24ClNO6/c1-23-21(27)20-18(26)16(24)17(25)19(29-20)12-5-8-15(22)13(10-12)9-11-3-6-14(28-2)7-4-11/h3-8,10,16-20,24-26H,9H2,1-2H3,(H,23,27)/t16?,17-,18+,19+,20+/m1/s1. The van der Waals surface area contributed by atoms with E-state index in [1.807, 2.05) is 24.3 Å². The van der Waals surface area contributed by atoms with Gasteiger partial charge in [-0.1, -0.05) is 35.9 Å². The molecule has 7 nitrogen and oxygen atoms in total. The van der Waals surface area contributed by atoms with Gasteiger partial charge in [-0.3, -0.25) is 4.79 Å². The van der Waals surface area contributed by atoms with Crippen LogP contribution in [0.25, 0.3) is 0 Å². The fourth-order valence-electron chi connectivity index (χ4n) is 3.38. The molecule has 8 heteroatoms. The Morgan fingerprint density at radius 1 is 1.10 bits per heavy atom. The second kappa shape index (κ2) is 9.11. The largest absolute Gasteiger partial charge is 0.497 e. The third-order valence-electron chi connectivity index (χ3n) is 5.07. The molecule has 1 saturated heterocycles. The first-order chi connectivity index (χ1) is 13.8. The van der Waals surface area contributed by atoms with Crippen molar-refractivity contribution in [1.29, 1.82) is 0 Å². The SMILES string of the molecule is CNC(=O)[C@H]1O[C@@H](c2ccc(Cl)c(Cc3ccc(OC)cc3)c2)[C@H](O)C(O)[C@@H]1O. The normalized spacial score (nSPS) is 26.8. The lowest BCUT2D eigenvalue weighted by Gasteiger charge is -2.40. The lowest BCUT2D eigenvalue weighted by atomic mass is 9.89. The predicted octanol–water partition coefficient (Wildman–Crippen LogP) is 1.21. The first kappa shape index (κ1) is 21.5. The van der Waals surface area contributed by atoms with Gasteiger partial charge in [-0.05, 0) is 41.3 Å². The van der Waals surface area contributed by atoms with Gasteiger partial charge in [-0.2, -0.15) is 0 Å². The van der Waals surface area contributed by atoms with Crippen molar-refractivity contribution in [3.8, 4) is 5.75 Å². The fraction of sp³-hybridized carbons (Fsp3) is 0.381. The molecule has 1 aliphatic heterocycles. The number of aliphatic hydroxyl groups is 3. The molecule has 0 saturated carbocycles. The van der Waals surface area contributed by atoms with Gasteiger partial charge in [0.1, 0.15) is 30.2 Å². The summed E-state index contributed by atoms with van der Waals surface area (Å²) < 4.78 is 10.8. The Labute approximate surface area is 173 Å². The maximum Gasteiger partial charge on any atom is 0.251 e. The summed E-state index contributed by atoms with van der Waals surface area (Å²) in [5.74, 6) is 0.168. The number of halogens is 1. The minimum absolute atomic E-state index is 0.531. The van der Waals surface area contributed by atoms with Gasteiger partial charge < -0.3 is 30.1 Å². The van der Waals surface area contributed by atoms with Crippen LogP contribution in [0.2, 0.25) is 5.02 Å². The molecule has 0 aliphatic carbocycles. The van der Waals surface area contributed by atoms with E-state index in [1.165, 1.54) is 7.05 Å². The van der Waals surface area contributed by atoms with E-state index < -0.39 is 36.4 Å². The molecule has 0 bridgehead atoms. The first-order valence-corrected chi connectivity index (χ1v) is 9.56. The smallest absolute Gasteiger partial charge is 0.251 e. The van der Waals surface area contributed by atoms with Crippen LogP contribution < -0.4 is 10.1 Å². The number of carbonyl (C=O) groups excluding carboxylic acids is 1. The van der Waals surface area contributed by atoms with Gasteiger partial charge in [0.2, 0.25) is 0 Å². The molecule has 4 N–H and O–H groups in total. The van der Waals surface area contributed by atoms with Crippen LogP contribution in [0, 0.1) is 0 Å². The van der Waals surface area contributed by atoms with Crippen LogP contribution in [0.3, 0.4) is 0 Å². The molecule has 0 spiro atoms. The van der Waals surface area contributed by atoms with E-state index in [0.29, 0.717) is 17.0 Å². The molecule has 156 valence electrons. The summed E-state index contributed by atoms with van der Waals surface area (Å²) in [4.78, 5) is 12.0.